The summed E-state index contributed by atoms with van der Waals surface area (Å²) >= 11 is 0. The van der Waals surface area contributed by atoms with Crippen molar-refractivity contribution in [2.24, 2.45) is 0 Å². The highest BCUT2D eigenvalue weighted by Crippen LogP contribution is 2.40. The first kappa shape index (κ1) is 19.5. The second kappa shape index (κ2) is 7.87. The number of nitrogens with zero attached hydrogens (tertiary/aromatic N) is 3. The van der Waals surface area contributed by atoms with Crippen molar-refractivity contribution in [1.29, 1.82) is 5.26 Å². The number of nitriles is 1. The summed E-state index contributed by atoms with van der Waals surface area (Å²) in [7, 11) is 0. The highest BCUT2D eigenvalue weighted by molar-refractivity contribution is 6.11. The molecule has 152 valence electrons. The van der Waals surface area contributed by atoms with Crippen molar-refractivity contribution in [3.05, 3.63) is 60.2 Å². The number of imide groups is 1. The van der Waals surface area contributed by atoms with Crippen molar-refractivity contribution in [2.75, 3.05) is 24.6 Å². The van der Waals surface area contributed by atoms with Crippen molar-refractivity contribution < 1.29 is 19.1 Å². The van der Waals surface area contributed by atoms with E-state index in [0.717, 1.165) is 4.90 Å². The first-order valence-corrected chi connectivity index (χ1v) is 9.65. The Morgan fingerprint density at radius 1 is 1.17 bits per heavy atom. The van der Waals surface area contributed by atoms with Gasteiger partial charge in [-0.25, -0.2) is 4.79 Å². The van der Waals surface area contributed by atoms with Crippen LogP contribution in [0.25, 0.3) is 0 Å². The zero-order valence-electron chi connectivity index (χ0n) is 16.2. The Bertz CT molecular complexity index is 1030. The summed E-state index contributed by atoms with van der Waals surface area (Å²) in [5, 5.41) is 11.7. The van der Waals surface area contributed by atoms with E-state index < -0.39 is 29.9 Å². The number of fused-ring (bicyclic) bond motifs is 2. The fourth-order valence-electron chi connectivity index (χ4n) is 3.90. The molecule has 8 heteroatoms. The first-order valence-electron chi connectivity index (χ1n) is 9.65. The minimum Gasteiger partial charge on any atom is -0.493 e. The predicted molar refractivity (Wildman–Crippen MR) is 108 cm³/mol. The average molecular weight is 404 g/mol. The summed E-state index contributed by atoms with van der Waals surface area (Å²) in [6.07, 6.45) is 0.422. The second-order valence-corrected chi connectivity index (χ2v) is 7.11. The van der Waals surface area contributed by atoms with Crippen LogP contribution >= 0.6 is 0 Å². The number of carbonyl (C=O) groups excluding carboxylic acids is 3. The molecular weight excluding hydrogens is 384 g/mol. The van der Waals surface area contributed by atoms with Gasteiger partial charge in [0, 0.05) is 24.2 Å². The van der Waals surface area contributed by atoms with Crippen molar-refractivity contribution in [3.8, 4) is 11.8 Å². The Kier molecular flexibility index (Phi) is 5.11. The lowest BCUT2D eigenvalue weighted by Gasteiger charge is -2.33. The van der Waals surface area contributed by atoms with Gasteiger partial charge >= 0.3 is 6.03 Å². The van der Waals surface area contributed by atoms with Crippen LogP contribution in [0.4, 0.5) is 10.5 Å². The normalized spacial score (nSPS) is 19.6. The van der Waals surface area contributed by atoms with E-state index in [2.05, 4.69) is 5.32 Å². The Morgan fingerprint density at radius 2 is 1.90 bits per heavy atom. The Morgan fingerprint density at radius 3 is 2.67 bits per heavy atom. The van der Waals surface area contributed by atoms with Crippen LogP contribution in [0.1, 0.15) is 18.4 Å². The minimum absolute atomic E-state index is 0.134. The third-order valence-corrected chi connectivity index (χ3v) is 5.37. The summed E-state index contributed by atoms with van der Waals surface area (Å²) in [4.78, 5) is 41.4. The molecule has 2 aliphatic rings. The van der Waals surface area contributed by atoms with Crippen LogP contribution in [0.3, 0.4) is 0 Å². The van der Waals surface area contributed by atoms with Crippen LogP contribution in [0.15, 0.2) is 54.6 Å². The second-order valence-electron chi connectivity index (χ2n) is 7.11. The zero-order chi connectivity index (χ0) is 21.1. The highest BCUT2D eigenvalue weighted by atomic mass is 16.5. The maximum atomic E-state index is 13.3. The maximum absolute atomic E-state index is 13.3. The Labute approximate surface area is 173 Å². The number of carbonyl (C=O) groups is 3. The number of ether oxygens (including phenoxy) is 1. The number of hydrogen-bond acceptors (Lipinski definition) is 5. The molecule has 1 N–H and O–H groups in total. The van der Waals surface area contributed by atoms with Gasteiger partial charge in [0.15, 0.2) is 5.54 Å². The van der Waals surface area contributed by atoms with Crippen molar-refractivity contribution in [2.45, 2.75) is 18.4 Å². The van der Waals surface area contributed by atoms with Gasteiger partial charge < -0.3 is 15.0 Å². The largest absolute Gasteiger partial charge is 0.493 e. The number of amides is 4. The van der Waals surface area contributed by atoms with Crippen LogP contribution in [0.5, 0.6) is 5.75 Å². The molecule has 2 aromatic rings. The van der Waals surface area contributed by atoms with E-state index in [1.807, 2.05) is 12.1 Å². The molecule has 2 aliphatic heterocycles. The van der Waals surface area contributed by atoms with E-state index in [1.165, 1.54) is 4.90 Å². The Balaban J connectivity index is 1.59. The SMILES string of the molecule is N#CCCN(C(=O)CN1C(=O)NC2(CCOc3ccccc32)C1=O)c1ccccc1. The quantitative estimate of drug-likeness (QED) is 0.770. The van der Waals surface area contributed by atoms with Crippen LogP contribution in [-0.2, 0) is 15.1 Å². The molecule has 1 saturated heterocycles. The standard InChI is InChI=1S/C22H20N4O4/c23-12-6-13-25(16-7-2-1-3-8-16)19(27)15-26-20(28)22(24-21(26)29)11-14-30-18-10-5-4-9-17(18)22/h1-5,7-10H,6,11,13-15H2,(H,24,29). The zero-order valence-corrected chi connectivity index (χ0v) is 16.2. The minimum atomic E-state index is -1.23. The summed E-state index contributed by atoms with van der Waals surface area (Å²) in [5.74, 6) is -0.354. The summed E-state index contributed by atoms with van der Waals surface area (Å²) in [5.41, 5.74) is -0.0268. The van der Waals surface area contributed by atoms with E-state index >= 15 is 0 Å². The van der Waals surface area contributed by atoms with Crippen molar-refractivity contribution >= 4 is 23.5 Å². The van der Waals surface area contributed by atoms with Crippen LogP contribution in [0.2, 0.25) is 0 Å². The van der Waals surface area contributed by atoms with Crippen LogP contribution < -0.4 is 15.0 Å². The van der Waals surface area contributed by atoms with Gasteiger partial charge in [-0.15, -0.1) is 0 Å². The third-order valence-electron chi connectivity index (χ3n) is 5.37. The van der Waals surface area contributed by atoms with Gasteiger partial charge in [-0.3, -0.25) is 14.5 Å². The molecule has 4 rings (SSSR count). The number of para-hydroxylation sites is 2. The molecule has 30 heavy (non-hydrogen) atoms. The monoisotopic (exact) mass is 404 g/mol. The molecule has 0 radical (unpaired) electrons. The number of anilines is 1. The molecule has 4 amide bonds. The predicted octanol–water partition coefficient (Wildman–Crippen LogP) is 2.16. The number of nitrogens with one attached hydrogen (secondary N) is 1. The molecule has 1 spiro atoms. The van der Waals surface area contributed by atoms with Crippen LogP contribution in [-0.4, -0.2) is 42.4 Å². The van der Waals surface area contributed by atoms with Gasteiger partial charge in [-0.05, 0) is 18.2 Å². The molecule has 0 saturated carbocycles. The fourth-order valence-corrected chi connectivity index (χ4v) is 3.90. The summed E-state index contributed by atoms with van der Waals surface area (Å²) < 4.78 is 5.62. The van der Waals surface area contributed by atoms with E-state index in [-0.39, 0.29) is 26.0 Å². The molecule has 0 aliphatic carbocycles. The lowest BCUT2D eigenvalue weighted by molar-refractivity contribution is -0.135. The average Bonchev–Trinajstić information content (AvgIpc) is 3.00. The van der Waals surface area contributed by atoms with Gasteiger partial charge in [0.05, 0.1) is 19.1 Å². The molecule has 1 fully saturated rings. The topological polar surface area (TPSA) is 103 Å². The van der Waals surface area contributed by atoms with Gasteiger partial charge in [-0.1, -0.05) is 36.4 Å². The molecule has 1 unspecified atom stereocenters. The highest BCUT2D eigenvalue weighted by Gasteiger charge is 2.55. The van der Waals surface area contributed by atoms with Crippen LogP contribution in [0, 0.1) is 11.3 Å². The van der Waals surface area contributed by atoms with Gasteiger partial charge in [-0.2, -0.15) is 5.26 Å². The number of hydrogen-bond donors (Lipinski definition) is 1. The van der Waals surface area contributed by atoms with E-state index in [0.29, 0.717) is 17.0 Å². The van der Waals surface area contributed by atoms with Crippen molar-refractivity contribution in [3.63, 3.8) is 0 Å². The number of rotatable bonds is 5. The number of benzene rings is 2. The lowest BCUT2D eigenvalue weighted by atomic mass is 9.84. The lowest BCUT2D eigenvalue weighted by Crippen LogP contribution is -2.48. The molecule has 8 nitrogen and oxygen atoms in total. The molecule has 0 aromatic heterocycles. The Hall–Kier alpha value is -3.86. The van der Waals surface area contributed by atoms with Gasteiger partial charge in [0.25, 0.3) is 5.91 Å². The van der Waals surface area contributed by atoms with Crippen molar-refractivity contribution in [1.82, 2.24) is 10.2 Å². The number of urea groups is 1. The summed E-state index contributed by atoms with van der Waals surface area (Å²) in [6.45, 7) is 0.0453. The maximum Gasteiger partial charge on any atom is 0.325 e. The fraction of sp³-hybridized carbons (Fsp3) is 0.273. The van der Waals surface area contributed by atoms with E-state index in [4.69, 9.17) is 10.00 Å². The molecular formula is C22H20N4O4. The third kappa shape index (κ3) is 3.24. The smallest absolute Gasteiger partial charge is 0.325 e. The molecule has 1 atom stereocenters. The first-order chi connectivity index (χ1) is 14.6. The van der Waals surface area contributed by atoms with Gasteiger partial charge in [0.1, 0.15) is 12.3 Å². The molecule has 2 aromatic carbocycles. The molecule has 0 bridgehead atoms. The summed E-state index contributed by atoms with van der Waals surface area (Å²) in [6, 6.07) is 17.4. The van der Waals surface area contributed by atoms with E-state index in [9.17, 15) is 14.4 Å². The molecule has 2 heterocycles. The van der Waals surface area contributed by atoms with Gasteiger partial charge in [0.2, 0.25) is 5.91 Å². The van der Waals surface area contributed by atoms with E-state index in [1.54, 1.807) is 48.5 Å².